The molecule has 0 bridgehead atoms. The Labute approximate surface area is 150 Å². The third-order valence-electron chi connectivity index (χ3n) is 3.28. The molecular weight excluding hydrogens is 430 g/mol. The van der Waals surface area contributed by atoms with Crippen molar-refractivity contribution in [2.24, 2.45) is 0 Å². The predicted molar refractivity (Wildman–Crippen MR) is 91.1 cm³/mol. The van der Waals surface area contributed by atoms with Crippen LogP contribution >= 0.6 is 22.6 Å². The lowest BCUT2D eigenvalue weighted by Crippen LogP contribution is -2.50. The zero-order valence-electron chi connectivity index (χ0n) is 12.2. The molecule has 0 aromatic heterocycles. The molecule has 0 saturated heterocycles. The van der Waals surface area contributed by atoms with Gasteiger partial charge in [0.1, 0.15) is 12.4 Å². The van der Waals surface area contributed by atoms with Gasteiger partial charge in [0.05, 0.1) is 5.56 Å². The maximum atomic E-state index is 13.1. The van der Waals surface area contributed by atoms with Gasteiger partial charge in [-0.1, -0.05) is 12.1 Å². The number of benzene rings is 2. The Morgan fingerprint density at radius 2 is 1.88 bits per heavy atom. The third kappa shape index (κ3) is 3.58. The number of fused-ring (bicyclic) bond motifs is 1. The fourth-order valence-corrected chi connectivity index (χ4v) is 2.81. The Hall–Kier alpha value is -2.36. The molecule has 0 fully saturated rings. The molecule has 2 aromatic carbocycles. The highest BCUT2D eigenvalue weighted by atomic mass is 127. The Morgan fingerprint density at radius 3 is 2.62 bits per heavy atom. The molecule has 3 rings (SSSR count). The first kappa shape index (κ1) is 16.5. The molecule has 1 aliphatic rings. The van der Waals surface area contributed by atoms with Crippen LogP contribution in [0.3, 0.4) is 0 Å². The van der Waals surface area contributed by atoms with E-state index >= 15 is 0 Å². The molecule has 2 N–H and O–H groups in total. The molecule has 0 saturated carbocycles. The average molecular weight is 442 g/mol. The van der Waals surface area contributed by atoms with Crippen molar-refractivity contribution in [2.45, 2.75) is 6.10 Å². The van der Waals surface area contributed by atoms with E-state index in [4.69, 9.17) is 9.47 Å². The van der Waals surface area contributed by atoms with Crippen molar-refractivity contribution in [2.75, 3.05) is 6.61 Å². The Kier molecular flexibility index (Phi) is 4.84. The number of hydrogen-bond donors (Lipinski definition) is 2. The van der Waals surface area contributed by atoms with Crippen LogP contribution in [0.2, 0.25) is 0 Å². The van der Waals surface area contributed by atoms with Gasteiger partial charge >= 0.3 is 0 Å². The van der Waals surface area contributed by atoms with Gasteiger partial charge in [0.2, 0.25) is 6.10 Å². The zero-order chi connectivity index (χ0) is 17.1. The number of hydrazine groups is 1. The molecule has 0 radical (unpaired) electrons. The summed E-state index contributed by atoms with van der Waals surface area (Å²) in [5.41, 5.74) is 4.81. The van der Waals surface area contributed by atoms with E-state index in [1.807, 2.05) is 22.6 Å². The normalized spacial score (nSPS) is 15.5. The second-order valence-electron chi connectivity index (χ2n) is 4.93. The van der Waals surface area contributed by atoms with Crippen molar-refractivity contribution < 1.29 is 23.5 Å². The van der Waals surface area contributed by atoms with E-state index in [1.165, 1.54) is 18.2 Å². The predicted octanol–water partition coefficient (Wildman–Crippen LogP) is 2.03. The maximum Gasteiger partial charge on any atom is 0.283 e. The smallest absolute Gasteiger partial charge is 0.283 e. The highest BCUT2D eigenvalue weighted by Crippen LogP contribution is 2.30. The molecule has 0 spiro atoms. The van der Waals surface area contributed by atoms with E-state index in [2.05, 4.69) is 10.9 Å². The standard InChI is InChI=1S/C16H12FIN2O4/c17-9-5-6-10(11(18)7-9)15(21)19-20-16(22)14-8-23-12-3-1-2-4-13(12)24-14/h1-7,14H,8H2,(H,19,21)(H,20,22). The lowest BCUT2D eigenvalue weighted by atomic mass is 10.2. The van der Waals surface area contributed by atoms with Gasteiger partial charge in [-0.15, -0.1) is 0 Å². The third-order valence-corrected chi connectivity index (χ3v) is 4.17. The molecule has 1 atom stereocenters. The van der Waals surface area contributed by atoms with Crippen LogP contribution in [-0.4, -0.2) is 24.5 Å². The van der Waals surface area contributed by atoms with Crippen molar-refractivity contribution >= 4 is 34.4 Å². The second-order valence-corrected chi connectivity index (χ2v) is 6.09. The number of carbonyl (C=O) groups is 2. The van der Waals surface area contributed by atoms with E-state index in [0.717, 1.165) is 0 Å². The summed E-state index contributed by atoms with van der Waals surface area (Å²) in [4.78, 5) is 24.1. The number of ether oxygens (including phenoxy) is 2. The van der Waals surface area contributed by atoms with Gasteiger partial charge in [-0.3, -0.25) is 20.4 Å². The quantitative estimate of drug-likeness (QED) is 0.552. The van der Waals surface area contributed by atoms with Crippen LogP contribution < -0.4 is 20.3 Å². The largest absolute Gasteiger partial charge is 0.485 e. The highest BCUT2D eigenvalue weighted by molar-refractivity contribution is 14.1. The number of para-hydroxylation sites is 2. The van der Waals surface area contributed by atoms with Gasteiger partial charge in [-0.05, 0) is 52.9 Å². The van der Waals surface area contributed by atoms with Crippen LogP contribution in [0.5, 0.6) is 11.5 Å². The average Bonchev–Trinajstić information content (AvgIpc) is 2.59. The SMILES string of the molecule is O=C(NNC(=O)C1COc2ccccc2O1)c1ccc(F)cc1I. The monoisotopic (exact) mass is 442 g/mol. The van der Waals surface area contributed by atoms with Crippen LogP contribution in [-0.2, 0) is 4.79 Å². The highest BCUT2D eigenvalue weighted by Gasteiger charge is 2.27. The van der Waals surface area contributed by atoms with Crippen LogP contribution in [0.1, 0.15) is 10.4 Å². The van der Waals surface area contributed by atoms with E-state index in [9.17, 15) is 14.0 Å². The summed E-state index contributed by atoms with van der Waals surface area (Å²) >= 11 is 1.84. The number of rotatable bonds is 2. The summed E-state index contributed by atoms with van der Waals surface area (Å²) in [5.74, 6) is -0.513. The van der Waals surface area contributed by atoms with Gasteiger partial charge < -0.3 is 9.47 Å². The minimum atomic E-state index is -0.882. The van der Waals surface area contributed by atoms with Crippen LogP contribution in [0.25, 0.3) is 0 Å². The van der Waals surface area contributed by atoms with Gasteiger partial charge in [0, 0.05) is 3.57 Å². The summed E-state index contributed by atoms with van der Waals surface area (Å²) in [6.07, 6.45) is -0.882. The topological polar surface area (TPSA) is 76.7 Å². The molecule has 1 heterocycles. The lowest BCUT2D eigenvalue weighted by molar-refractivity contribution is -0.131. The fourth-order valence-electron chi connectivity index (χ4n) is 2.09. The van der Waals surface area contributed by atoms with Crippen LogP contribution in [0, 0.1) is 9.39 Å². The van der Waals surface area contributed by atoms with Crippen molar-refractivity contribution in [3.63, 3.8) is 0 Å². The summed E-state index contributed by atoms with van der Waals surface area (Å²) < 4.78 is 24.5. The van der Waals surface area contributed by atoms with E-state index < -0.39 is 23.7 Å². The van der Waals surface area contributed by atoms with Crippen molar-refractivity contribution in [1.82, 2.24) is 10.9 Å². The molecule has 8 heteroatoms. The fraction of sp³-hybridized carbons (Fsp3) is 0.125. The molecule has 2 amide bonds. The van der Waals surface area contributed by atoms with Gasteiger partial charge in [0.25, 0.3) is 11.8 Å². The van der Waals surface area contributed by atoms with E-state index in [1.54, 1.807) is 24.3 Å². The van der Waals surface area contributed by atoms with Crippen LogP contribution in [0.15, 0.2) is 42.5 Å². The Balaban J connectivity index is 1.59. The van der Waals surface area contributed by atoms with Crippen molar-refractivity contribution in [3.05, 3.63) is 57.4 Å². The van der Waals surface area contributed by atoms with E-state index in [0.29, 0.717) is 15.1 Å². The number of nitrogens with one attached hydrogen (secondary N) is 2. The summed E-state index contributed by atoms with van der Waals surface area (Å²) in [6, 6.07) is 10.7. The molecular formula is C16H12FIN2O4. The molecule has 124 valence electrons. The second kappa shape index (κ2) is 7.04. The van der Waals surface area contributed by atoms with E-state index in [-0.39, 0.29) is 12.2 Å². The van der Waals surface area contributed by atoms with Gasteiger partial charge in [0.15, 0.2) is 11.5 Å². The first-order valence-corrected chi connectivity index (χ1v) is 8.06. The summed E-state index contributed by atoms with van der Waals surface area (Å²) in [7, 11) is 0. The number of halogens is 2. The van der Waals surface area contributed by atoms with Gasteiger partial charge in [-0.25, -0.2) is 4.39 Å². The molecule has 2 aromatic rings. The van der Waals surface area contributed by atoms with Gasteiger partial charge in [-0.2, -0.15) is 0 Å². The summed E-state index contributed by atoms with van der Waals surface area (Å²) in [5, 5.41) is 0. The number of carbonyl (C=O) groups excluding carboxylic acids is 2. The zero-order valence-corrected chi connectivity index (χ0v) is 14.4. The Bertz CT molecular complexity index is 799. The molecule has 1 unspecified atom stereocenters. The van der Waals surface area contributed by atoms with Crippen LogP contribution in [0.4, 0.5) is 4.39 Å². The first-order chi connectivity index (χ1) is 11.5. The Morgan fingerprint density at radius 1 is 1.12 bits per heavy atom. The minimum absolute atomic E-state index is 0.0345. The first-order valence-electron chi connectivity index (χ1n) is 6.98. The number of hydrogen-bond acceptors (Lipinski definition) is 4. The molecule has 6 nitrogen and oxygen atoms in total. The molecule has 1 aliphatic heterocycles. The molecule has 24 heavy (non-hydrogen) atoms. The number of amides is 2. The lowest BCUT2D eigenvalue weighted by Gasteiger charge is -2.25. The summed E-state index contributed by atoms with van der Waals surface area (Å²) in [6.45, 7) is 0.0345. The maximum absolute atomic E-state index is 13.1. The minimum Gasteiger partial charge on any atom is -0.485 e. The molecule has 0 aliphatic carbocycles. The van der Waals surface area contributed by atoms with Crippen molar-refractivity contribution in [1.29, 1.82) is 0 Å². The van der Waals surface area contributed by atoms with Crippen molar-refractivity contribution in [3.8, 4) is 11.5 Å².